The molecule has 1 aromatic heterocycles. The van der Waals surface area contributed by atoms with E-state index in [1.807, 2.05) is 31.3 Å². The molecule has 0 radical (unpaired) electrons. The van der Waals surface area contributed by atoms with Crippen LogP contribution >= 0.6 is 0 Å². The van der Waals surface area contributed by atoms with Crippen LogP contribution in [0.4, 0.5) is 0 Å². The second-order valence-electron chi connectivity index (χ2n) is 6.32. The molecule has 2 aromatic rings. The van der Waals surface area contributed by atoms with Crippen molar-refractivity contribution < 1.29 is 4.74 Å². The Morgan fingerprint density at radius 1 is 1.20 bits per heavy atom. The average Bonchev–Trinajstić information content (AvgIpc) is 2.37. The number of nitrogens with one attached hydrogen (secondary N) is 1. The van der Waals surface area contributed by atoms with Crippen LogP contribution in [0.3, 0.4) is 0 Å². The summed E-state index contributed by atoms with van der Waals surface area (Å²) in [6.45, 7) is 8.17. The highest BCUT2D eigenvalue weighted by Crippen LogP contribution is 2.27. The molecule has 0 aliphatic rings. The Morgan fingerprint density at radius 2 is 1.95 bits per heavy atom. The molecular formula is C17H24N2O. The summed E-state index contributed by atoms with van der Waals surface area (Å²) >= 11 is 0. The molecule has 0 bridgehead atoms. The first-order chi connectivity index (χ1) is 9.49. The van der Waals surface area contributed by atoms with Gasteiger partial charge in [0.1, 0.15) is 5.75 Å². The first kappa shape index (κ1) is 14.8. The van der Waals surface area contributed by atoms with E-state index in [0.29, 0.717) is 0 Å². The molecule has 1 aromatic carbocycles. The van der Waals surface area contributed by atoms with Gasteiger partial charge in [-0.2, -0.15) is 0 Å². The average molecular weight is 272 g/mol. The SMILES string of the molecule is CNCc1cc(OCCC(C)(C)C)c2ccccc2n1. The number of ether oxygens (including phenoxy) is 1. The molecule has 0 unspecified atom stereocenters. The van der Waals surface area contributed by atoms with Crippen molar-refractivity contribution in [3.8, 4) is 5.75 Å². The van der Waals surface area contributed by atoms with Crippen LogP contribution in [0.25, 0.3) is 10.9 Å². The summed E-state index contributed by atoms with van der Waals surface area (Å²) in [5.41, 5.74) is 2.29. The molecule has 3 heteroatoms. The van der Waals surface area contributed by atoms with Gasteiger partial charge in [-0.05, 0) is 31.0 Å². The Labute approximate surface area is 121 Å². The van der Waals surface area contributed by atoms with E-state index in [-0.39, 0.29) is 5.41 Å². The Hall–Kier alpha value is -1.61. The summed E-state index contributed by atoms with van der Waals surface area (Å²) in [5.74, 6) is 0.935. The van der Waals surface area contributed by atoms with E-state index in [9.17, 15) is 0 Å². The molecule has 0 saturated carbocycles. The number of rotatable bonds is 5. The topological polar surface area (TPSA) is 34.1 Å². The lowest BCUT2D eigenvalue weighted by atomic mass is 9.93. The van der Waals surface area contributed by atoms with Crippen LogP contribution in [0.5, 0.6) is 5.75 Å². The van der Waals surface area contributed by atoms with Gasteiger partial charge in [-0.3, -0.25) is 4.98 Å². The maximum absolute atomic E-state index is 6.01. The number of fused-ring (bicyclic) bond motifs is 1. The molecule has 0 spiro atoms. The molecule has 0 amide bonds. The predicted molar refractivity (Wildman–Crippen MR) is 84.1 cm³/mol. The monoisotopic (exact) mass is 272 g/mol. The number of aromatic nitrogens is 1. The van der Waals surface area contributed by atoms with Crippen molar-refractivity contribution in [2.24, 2.45) is 5.41 Å². The summed E-state index contributed by atoms with van der Waals surface area (Å²) < 4.78 is 6.01. The number of benzene rings is 1. The van der Waals surface area contributed by atoms with Crippen LogP contribution in [0, 0.1) is 5.41 Å². The fourth-order valence-electron chi connectivity index (χ4n) is 2.05. The standard InChI is InChI=1S/C17H24N2O/c1-17(2,3)9-10-20-16-11-13(12-18-4)19-15-8-6-5-7-14(15)16/h5-8,11,18H,9-10,12H2,1-4H3. The lowest BCUT2D eigenvalue weighted by Crippen LogP contribution is -2.12. The van der Waals surface area contributed by atoms with E-state index >= 15 is 0 Å². The molecule has 3 nitrogen and oxygen atoms in total. The smallest absolute Gasteiger partial charge is 0.130 e. The fraction of sp³-hybridized carbons (Fsp3) is 0.471. The third-order valence-electron chi connectivity index (χ3n) is 3.20. The quantitative estimate of drug-likeness (QED) is 0.899. The van der Waals surface area contributed by atoms with E-state index in [4.69, 9.17) is 4.74 Å². The third kappa shape index (κ3) is 3.94. The van der Waals surface area contributed by atoms with Crippen molar-refractivity contribution in [1.82, 2.24) is 10.3 Å². The highest BCUT2D eigenvalue weighted by molar-refractivity contribution is 5.85. The molecule has 1 N–H and O–H groups in total. The lowest BCUT2D eigenvalue weighted by molar-refractivity contribution is 0.245. The fourth-order valence-corrected chi connectivity index (χ4v) is 2.05. The highest BCUT2D eigenvalue weighted by atomic mass is 16.5. The van der Waals surface area contributed by atoms with Crippen LogP contribution in [0.1, 0.15) is 32.9 Å². The number of hydrogen-bond donors (Lipinski definition) is 1. The summed E-state index contributed by atoms with van der Waals surface area (Å²) in [4.78, 5) is 4.64. The summed E-state index contributed by atoms with van der Waals surface area (Å²) in [7, 11) is 1.93. The van der Waals surface area contributed by atoms with Crippen molar-refractivity contribution in [2.45, 2.75) is 33.7 Å². The lowest BCUT2D eigenvalue weighted by Gasteiger charge is -2.19. The zero-order chi connectivity index (χ0) is 14.6. The van der Waals surface area contributed by atoms with Crippen molar-refractivity contribution in [2.75, 3.05) is 13.7 Å². The van der Waals surface area contributed by atoms with Crippen molar-refractivity contribution in [1.29, 1.82) is 0 Å². The molecule has 2 rings (SSSR count). The summed E-state index contributed by atoms with van der Waals surface area (Å²) in [6, 6.07) is 10.2. The van der Waals surface area contributed by atoms with Gasteiger partial charge in [0.05, 0.1) is 17.8 Å². The van der Waals surface area contributed by atoms with Gasteiger partial charge in [0.15, 0.2) is 0 Å². The van der Waals surface area contributed by atoms with Gasteiger partial charge < -0.3 is 10.1 Å². The molecule has 108 valence electrons. The van der Waals surface area contributed by atoms with Gasteiger partial charge in [0.2, 0.25) is 0 Å². The minimum atomic E-state index is 0.288. The minimum Gasteiger partial charge on any atom is -0.493 e. The Morgan fingerprint density at radius 3 is 2.65 bits per heavy atom. The van der Waals surface area contributed by atoms with Crippen LogP contribution in [0.15, 0.2) is 30.3 Å². The summed E-state index contributed by atoms with van der Waals surface area (Å²) in [6.07, 6.45) is 1.03. The van der Waals surface area contributed by atoms with E-state index < -0.39 is 0 Å². The van der Waals surface area contributed by atoms with Gasteiger partial charge in [-0.1, -0.05) is 32.9 Å². The first-order valence-electron chi connectivity index (χ1n) is 7.16. The highest BCUT2D eigenvalue weighted by Gasteiger charge is 2.11. The van der Waals surface area contributed by atoms with Crippen molar-refractivity contribution in [3.05, 3.63) is 36.0 Å². The molecule has 0 atom stereocenters. The van der Waals surface area contributed by atoms with Gasteiger partial charge in [-0.15, -0.1) is 0 Å². The molecule has 0 saturated heterocycles. The zero-order valence-electron chi connectivity index (χ0n) is 12.9. The molecular weight excluding hydrogens is 248 g/mol. The third-order valence-corrected chi connectivity index (χ3v) is 3.20. The Bertz CT molecular complexity index is 573. The second-order valence-corrected chi connectivity index (χ2v) is 6.32. The second kappa shape index (κ2) is 6.23. The van der Waals surface area contributed by atoms with Gasteiger partial charge in [-0.25, -0.2) is 0 Å². The number of nitrogens with zero attached hydrogens (tertiary/aromatic N) is 1. The first-order valence-corrected chi connectivity index (χ1v) is 7.16. The van der Waals surface area contributed by atoms with Crippen LogP contribution < -0.4 is 10.1 Å². The number of hydrogen-bond acceptors (Lipinski definition) is 3. The molecule has 0 aliphatic heterocycles. The van der Waals surface area contributed by atoms with E-state index in [1.54, 1.807) is 0 Å². The zero-order valence-corrected chi connectivity index (χ0v) is 12.9. The van der Waals surface area contributed by atoms with Crippen molar-refractivity contribution in [3.63, 3.8) is 0 Å². The molecule has 0 fully saturated rings. The number of pyridine rings is 1. The minimum absolute atomic E-state index is 0.288. The molecule has 20 heavy (non-hydrogen) atoms. The van der Waals surface area contributed by atoms with Crippen molar-refractivity contribution >= 4 is 10.9 Å². The van der Waals surface area contributed by atoms with Crippen LogP contribution in [-0.4, -0.2) is 18.6 Å². The number of para-hydroxylation sites is 1. The van der Waals surface area contributed by atoms with Gasteiger partial charge in [0.25, 0.3) is 0 Å². The van der Waals surface area contributed by atoms with E-state index in [2.05, 4.69) is 37.1 Å². The maximum atomic E-state index is 6.01. The Kier molecular flexibility index (Phi) is 4.61. The molecule has 0 aliphatic carbocycles. The predicted octanol–water partition coefficient (Wildman–Crippen LogP) is 3.77. The largest absolute Gasteiger partial charge is 0.493 e. The van der Waals surface area contributed by atoms with Gasteiger partial charge in [0, 0.05) is 18.0 Å². The van der Waals surface area contributed by atoms with E-state index in [0.717, 1.165) is 41.9 Å². The van der Waals surface area contributed by atoms with Gasteiger partial charge >= 0.3 is 0 Å². The normalized spacial score (nSPS) is 11.8. The van der Waals surface area contributed by atoms with Crippen LogP contribution in [0.2, 0.25) is 0 Å². The van der Waals surface area contributed by atoms with E-state index in [1.165, 1.54) is 0 Å². The molecule has 1 heterocycles. The maximum Gasteiger partial charge on any atom is 0.130 e. The summed E-state index contributed by atoms with van der Waals surface area (Å²) in [5, 5.41) is 4.22. The van der Waals surface area contributed by atoms with Crippen LogP contribution in [-0.2, 0) is 6.54 Å². The Balaban J connectivity index is 2.25.